The van der Waals surface area contributed by atoms with Crippen LogP contribution in [0.3, 0.4) is 0 Å². The zero-order chi connectivity index (χ0) is 21.5. The number of allylic oxidation sites excluding steroid dienone is 5. The quantitative estimate of drug-likeness (QED) is 0.532. The second-order valence-corrected chi connectivity index (χ2v) is 8.88. The van der Waals surface area contributed by atoms with E-state index in [2.05, 4.69) is 43.4 Å². The lowest BCUT2D eigenvalue weighted by Gasteiger charge is -2.28. The highest BCUT2D eigenvalue weighted by atomic mass is 19.1. The number of benzene rings is 1. The maximum absolute atomic E-state index is 13.7. The fourth-order valence-electron chi connectivity index (χ4n) is 4.64. The second kappa shape index (κ2) is 7.71. The topological polar surface area (TPSA) is 24.9 Å². The fourth-order valence-corrected chi connectivity index (χ4v) is 4.64. The molecule has 1 spiro atoms. The van der Waals surface area contributed by atoms with Gasteiger partial charge in [0.25, 0.3) is 0 Å². The van der Waals surface area contributed by atoms with Crippen LogP contribution in [0.1, 0.15) is 56.9 Å². The number of pyridine rings is 1. The number of anilines is 1. The summed E-state index contributed by atoms with van der Waals surface area (Å²) in [6, 6.07) is 9.21. The van der Waals surface area contributed by atoms with Gasteiger partial charge in [0.2, 0.25) is 0 Å². The summed E-state index contributed by atoms with van der Waals surface area (Å²) in [4.78, 5) is 4.62. The summed E-state index contributed by atoms with van der Waals surface area (Å²) in [5.41, 5.74) is 9.78. The van der Waals surface area contributed by atoms with Crippen molar-refractivity contribution in [3.05, 3.63) is 95.2 Å². The molecule has 0 aliphatic heterocycles. The van der Waals surface area contributed by atoms with Gasteiger partial charge < -0.3 is 5.32 Å². The molecule has 2 aromatic rings. The van der Waals surface area contributed by atoms with Crippen LogP contribution in [0.4, 0.5) is 10.1 Å². The molecule has 0 radical (unpaired) electrons. The summed E-state index contributed by atoms with van der Waals surface area (Å²) in [6.45, 7) is 14.5. The molecule has 2 aliphatic carbocycles. The SMILES string of the molecule is C=C(/C=C1\c2ccc(F)cc2CCC12CC2)Nc1ccc(C(C(=C)C)=C(C)C)nc1. The molecule has 2 aliphatic rings. The molecule has 4 rings (SSSR count). The minimum Gasteiger partial charge on any atom is -0.355 e. The lowest BCUT2D eigenvalue weighted by atomic mass is 9.76. The molecular weight excluding hydrogens is 371 g/mol. The van der Waals surface area contributed by atoms with Crippen LogP contribution in [-0.4, -0.2) is 4.98 Å². The molecule has 0 unspecified atom stereocenters. The number of hydrogen-bond acceptors (Lipinski definition) is 2. The van der Waals surface area contributed by atoms with Crippen LogP contribution in [0.5, 0.6) is 0 Å². The van der Waals surface area contributed by atoms with Crippen LogP contribution >= 0.6 is 0 Å². The summed E-state index contributed by atoms with van der Waals surface area (Å²) in [7, 11) is 0. The molecule has 2 nitrogen and oxygen atoms in total. The molecule has 1 aromatic carbocycles. The number of rotatable bonds is 5. The smallest absolute Gasteiger partial charge is 0.123 e. The van der Waals surface area contributed by atoms with E-state index in [1.807, 2.05) is 31.3 Å². The van der Waals surface area contributed by atoms with Gasteiger partial charge in [0.05, 0.1) is 17.6 Å². The molecule has 154 valence electrons. The van der Waals surface area contributed by atoms with Gasteiger partial charge in [-0.1, -0.05) is 24.8 Å². The molecule has 1 fully saturated rings. The summed E-state index contributed by atoms with van der Waals surface area (Å²) in [5.74, 6) is -0.159. The molecular formula is C27H29FN2. The number of hydrogen-bond donors (Lipinski definition) is 1. The van der Waals surface area contributed by atoms with E-state index in [1.54, 1.807) is 12.1 Å². The van der Waals surface area contributed by atoms with E-state index < -0.39 is 0 Å². The van der Waals surface area contributed by atoms with Crippen LogP contribution in [0.15, 0.2) is 72.6 Å². The van der Waals surface area contributed by atoms with Crippen molar-refractivity contribution in [3.63, 3.8) is 0 Å². The first-order valence-electron chi connectivity index (χ1n) is 10.6. The van der Waals surface area contributed by atoms with E-state index >= 15 is 0 Å². The third-order valence-corrected chi connectivity index (χ3v) is 6.23. The summed E-state index contributed by atoms with van der Waals surface area (Å²) in [5, 5.41) is 3.38. The molecule has 1 heterocycles. The first kappa shape index (κ1) is 20.3. The van der Waals surface area contributed by atoms with Crippen molar-refractivity contribution in [3.8, 4) is 0 Å². The van der Waals surface area contributed by atoms with Crippen molar-refractivity contribution in [2.45, 2.75) is 46.5 Å². The highest BCUT2D eigenvalue weighted by Gasteiger charge is 2.48. The van der Waals surface area contributed by atoms with E-state index in [9.17, 15) is 4.39 Å². The van der Waals surface area contributed by atoms with Crippen molar-refractivity contribution in [2.75, 3.05) is 5.32 Å². The van der Waals surface area contributed by atoms with Crippen LogP contribution < -0.4 is 5.32 Å². The monoisotopic (exact) mass is 400 g/mol. The minimum atomic E-state index is -0.159. The predicted molar refractivity (Wildman–Crippen MR) is 124 cm³/mol. The molecule has 1 aromatic heterocycles. The molecule has 30 heavy (non-hydrogen) atoms. The van der Waals surface area contributed by atoms with E-state index in [0.717, 1.165) is 46.6 Å². The van der Waals surface area contributed by atoms with Crippen molar-refractivity contribution >= 4 is 16.8 Å². The minimum absolute atomic E-state index is 0.159. The maximum atomic E-state index is 13.7. The van der Waals surface area contributed by atoms with Crippen LogP contribution in [0.25, 0.3) is 11.1 Å². The van der Waals surface area contributed by atoms with Gasteiger partial charge >= 0.3 is 0 Å². The Morgan fingerprint density at radius 2 is 1.87 bits per heavy atom. The van der Waals surface area contributed by atoms with E-state index in [-0.39, 0.29) is 11.2 Å². The average molecular weight is 401 g/mol. The largest absolute Gasteiger partial charge is 0.355 e. The van der Waals surface area contributed by atoms with Crippen molar-refractivity contribution < 1.29 is 4.39 Å². The van der Waals surface area contributed by atoms with Gasteiger partial charge in [0.15, 0.2) is 0 Å². The lowest BCUT2D eigenvalue weighted by Crippen LogP contribution is -2.15. The Morgan fingerprint density at radius 3 is 2.47 bits per heavy atom. The summed E-state index contributed by atoms with van der Waals surface area (Å²) in [6.07, 6.45) is 8.42. The van der Waals surface area contributed by atoms with Gasteiger partial charge in [0, 0.05) is 11.3 Å². The standard InChI is InChI=1S/C27H29FN2/c1-17(2)26(18(3)4)25-9-7-22(16-29-25)30-19(5)14-24-23-8-6-21(28)15-20(23)10-11-27(24)12-13-27/h6-9,14-16,30H,1,5,10-13H2,2-4H3/b24-14+. The number of aryl methyl sites for hydroxylation is 1. The van der Waals surface area contributed by atoms with Gasteiger partial charge in [-0.3, -0.25) is 4.98 Å². The van der Waals surface area contributed by atoms with Crippen LogP contribution in [-0.2, 0) is 6.42 Å². The zero-order valence-corrected chi connectivity index (χ0v) is 18.1. The molecule has 1 N–H and O–H groups in total. The van der Waals surface area contributed by atoms with E-state index in [4.69, 9.17) is 0 Å². The second-order valence-electron chi connectivity index (χ2n) is 8.88. The molecule has 1 saturated carbocycles. The highest BCUT2D eigenvalue weighted by molar-refractivity contribution is 5.80. The van der Waals surface area contributed by atoms with E-state index in [0.29, 0.717) is 0 Å². The number of fused-ring (bicyclic) bond motifs is 1. The van der Waals surface area contributed by atoms with Gasteiger partial charge in [-0.05, 0) is 104 Å². The number of halogens is 1. The molecule has 0 bridgehead atoms. The van der Waals surface area contributed by atoms with E-state index in [1.165, 1.54) is 29.6 Å². The normalized spacial score (nSPS) is 17.4. The Bertz CT molecular complexity index is 1080. The maximum Gasteiger partial charge on any atom is 0.123 e. The number of nitrogens with one attached hydrogen (secondary N) is 1. The Morgan fingerprint density at radius 1 is 1.10 bits per heavy atom. The van der Waals surface area contributed by atoms with Gasteiger partial charge in [0.1, 0.15) is 5.82 Å². The molecule has 3 heteroatoms. The highest BCUT2D eigenvalue weighted by Crippen LogP contribution is 2.61. The third-order valence-electron chi connectivity index (χ3n) is 6.23. The first-order chi connectivity index (χ1) is 14.3. The van der Waals surface area contributed by atoms with Crippen LogP contribution in [0.2, 0.25) is 0 Å². The Kier molecular flexibility index (Phi) is 5.23. The average Bonchev–Trinajstić information content (AvgIpc) is 3.46. The van der Waals surface area contributed by atoms with Gasteiger partial charge in [-0.25, -0.2) is 4.39 Å². The van der Waals surface area contributed by atoms with Gasteiger partial charge in [-0.15, -0.1) is 0 Å². The number of nitrogens with zero attached hydrogens (tertiary/aromatic N) is 1. The van der Waals surface area contributed by atoms with Crippen molar-refractivity contribution in [2.24, 2.45) is 5.41 Å². The van der Waals surface area contributed by atoms with Gasteiger partial charge in [-0.2, -0.15) is 0 Å². The Labute approximate surface area is 178 Å². The molecule has 0 amide bonds. The lowest BCUT2D eigenvalue weighted by molar-refractivity contribution is 0.573. The third kappa shape index (κ3) is 3.89. The predicted octanol–water partition coefficient (Wildman–Crippen LogP) is 7.33. The summed E-state index contributed by atoms with van der Waals surface area (Å²) < 4.78 is 13.7. The van der Waals surface area contributed by atoms with Crippen LogP contribution in [0, 0.1) is 11.2 Å². The summed E-state index contributed by atoms with van der Waals surface area (Å²) >= 11 is 0. The first-order valence-corrected chi connectivity index (χ1v) is 10.6. The number of aromatic nitrogens is 1. The Hall–Kier alpha value is -2.94. The fraction of sp³-hybridized carbons (Fsp3) is 0.296. The Balaban J connectivity index is 1.57. The van der Waals surface area contributed by atoms with Crippen molar-refractivity contribution in [1.29, 1.82) is 0 Å². The zero-order valence-electron chi connectivity index (χ0n) is 18.1. The van der Waals surface area contributed by atoms with Crippen molar-refractivity contribution in [1.82, 2.24) is 4.98 Å². The molecule has 0 saturated heterocycles. The molecule has 0 atom stereocenters.